The van der Waals surface area contributed by atoms with E-state index in [-0.39, 0.29) is 0 Å². The van der Waals surface area contributed by atoms with E-state index < -0.39 is 0 Å². The van der Waals surface area contributed by atoms with Crippen molar-refractivity contribution < 1.29 is 0 Å². The predicted molar refractivity (Wildman–Crippen MR) is 76.6 cm³/mol. The molecule has 0 saturated carbocycles. The molecule has 0 atom stereocenters. The predicted octanol–water partition coefficient (Wildman–Crippen LogP) is 3.81. The Morgan fingerprint density at radius 1 is 1.18 bits per heavy atom. The molecule has 0 aliphatic heterocycles. The van der Waals surface area contributed by atoms with E-state index >= 15 is 0 Å². The summed E-state index contributed by atoms with van der Waals surface area (Å²) in [5, 5.41) is 3.42. The highest BCUT2D eigenvalue weighted by Crippen LogP contribution is 2.20. The number of benzene rings is 1. The molecule has 2 nitrogen and oxygen atoms in total. The van der Waals surface area contributed by atoms with Gasteiger partial charge in [0.05, 0.1) is 0 Å². The summed E-state index contributed by atoms with van der Waals surface area (Å²) in [4.78, 5) is 2.81. The largest absolute Gasteiger partial charge is 0.399 e. The summed E-state index contributed by atoms with van der Waals surface area (Å²) >= 11 is 1.87. The third kappa shape index (κ3) is 3.01. The second-order valence-electron chi connectivity index (χ2n) is 4.15. The fourth-order valence-electron chi connectivity index (χ4n) is 1.68. The van der Waals surface area contributed by atoms with E-state index in [0.717, 1.165) is 29.9 Å². The molecule has 0 bridgehead atoms. The molecule has 17 heavy (non-hydrogen) atoms. The van der Waals surface area contributed by atoms with Crippen molar-refractivity contribution >= 4 is 22.7 Å². The van der Waals surface area contributed by atoms with Crippen LogP contribution in [-0.2, 0) is 13.0 Å². The molecule has 0 aliphatic carbocycles. The molecule has 0 amide bonds. The number of hydrogen-bond donors (Lipinski definition) is 2. The summed E-state index contributed by atoms with van der Waals surface area (Å²) in [6.45, 7) is 5.10. The first kappa shape index (κ1) is 12.0. The number of aryl methyl sites for hydroxylation is 2. The molecule has 2 rings (SSSR count). The number of nitrogens with one attached hydrogen (secondary N) is 1. The average Bonchev–Trinajstić information content (AvgIpc) is 2.79. The number of hydrogen-bond acceptors (Lipinski definition) is 3. The van der Waals surface area contributed by atoms with Gasteiger partial charge >= 0.3 is 0 Å². The Bertz CT molecular complexity index is 503. The Morgan fingerprint density at radius 3 is 2.59 bits per heavy atom. The van der Waals surface area contributed by atoms with E-state index in [0.29, 0.717) is 0 Å². The van der Waals surface area contributed by atoms with E-state index in [1.165, 1.54) is 9.75 Å². The smallest absolute Gasteiger partial charge is 0.0494 e. The molecule has 0 radical (unpaired) electrons. The lowest BCUT2D eigenvalue weighted by Gasteiger charge is -2.07. The van der Waals surface area contributed by atoms with Crippen LogP contribution in [0.2, 0.25) is 0 Å². The number of anilines is 2. The number of nitrogen functional groups attached to an aromatic ring is 1. The van der Waals surface area contributed by atoms with Crippen molar-refractivity contribution in [1.29, 1.82) is 0 Å². The zero-order valence-electron chi connectivity index (χ0n) is 10.3. The fourth-order valence-corrected chi connectivity index (χ4v) is 2.58. The molecule has 2 aromatic rings. The molecule has 3 heteroatoms. The molecule has 0 fully saturated rings. The molecular weight excluding hydrogens is 228 g/mol. The van der Waals surface area contributed by atoms with Crippen molar-refractivity contribution in [2.45, 2.75) is 26.8 Å². The molecular formula is C14H18N2S. The lowest BCUT2D eigenvalue weighted by atomic mass is 10.2. The molecule has 0 spiro atoms. The molecule has 1 heterocycles. The molecule has 1 aromatic carbocycles. The van der Waals surface area contributed by atoms with Crippen LogP contribution in [-0.4, -0.2) is 0 Å². The van der Waals surface area contributed by atoms with Gasteiger partial charge in [-0.15, -0.1) is 11.3 Å². The van der Waals surface area contributed by atoms with Gasteiger partial charge in [-0.3, -0.25) is 0 Å². The van der Waals surface area contributed by atoms with Crippen molar-refractivity contribution in [3.05, 3.63) is 45.6 Å². The van der Waals surface area contributed by atoms with Crippen LogP contribution in [0.5, 0.6) is 0 Å². The second kappa shape index (κ2) is 5.23. The maximum atomic E-state index is 5.79. The minimum Gasteiger partial charge on any atom is -0.399 e. The summed E-state index contributed by atoms with van der Waals surface area (Å²) in [6, 6.07) is 10.5. The summed E-state index contributed by atoms with van der Waals surface area (Å²) in [5.41, 5.74) is 8.89. The Morgan fingerprint density at radius 2 is 1.94 bits per heavy atom. The lowest BCUT2D eigenvalue weighted by Crippen LogP contribution is -1.98. The number of rotatable bonds is 4. The van der Waals surface area contributed by atoms with Gasteiger partial charge in [-0.1, -0.05) is 6.92 Å². The molecule has 0 aliphatic rings. The summed E-state index contributed by atoms with van der Waals surface area (Å²) in [5.74, 6) is 0. The Kier molecular flexibility index (Phi) is 3.69. The number of thiophene rings is 1. The van der Waals surface area contributed by atoms with Crippen LogP contribution in [0.4, 0.5) is 11.4 Å². The topological polar surface area (TPSA) is 38.0 Å². The highest BCUT2D eigenvalue weighted by molar-refractivity contribution is 7.12. The molecule has 0 saturated heterocycles. The first-order valence-corrected chi connectivity index (χ1v) is 6.68. The quantitative estimate of drug-likeness (QED) is 0.805. The third-order valence-corrected chi connectivity index (χ3v) is 4.03. The second-order valence-corrected chi connectivity index (χ2v) is 5.40. The van der Waals surface area contributed by atoms with E-state index in [1.54, 1.807) is 0 Å². The van der Waals surface area contributed by atoms with Gasteiger partial charge < -0.3 is 11.1 Å². The summed E-state index contributed by atoms with van der Waals surface area (Å²) < 4.78 is 0. The van der Waals surface area contributed by atoms with Gasteiger partial charge in [0.2, 0.25) is 0 Å². The molecule has 1 aromatic heterocycles. The van der Waals surface area contributed by atoms with Crippen LogP contribution in [0.1, 0.15) is 22.2 Å². The van der Waals surface area contributed by atoms with E-state index in [1.807, 2.05) is 30.4 Å². The third-order valence-electron chi connectivity index (χ3n) is 2.80. The van der Waals surface area contributed by atoms with Gasteiger partial charge in [0.1, 0.15) is 0 Å². The zero-order chi connectivity index (χ0) is 12.3. The van der Waals surface area contributed by atoms with Crippen LogP contribution in [0.25, 0.3) is 0 Å². The highest BCUT2D eigenvalue weighted by atomic mass is 32.1. The van der Waals surface area contributed by atoms with Crippen molar-refractivity contribution in [1.82, 2.24) is 0 Å². The van der Waals surface area contributed by atoms with Crippen LogP contribution >= 0.6 is 11.3 Å². The molecule has 3 N–H and O–H groups in total. The fraction of sp³-hybridized carbons (Fsp3) is 0.286. The normalized spacial score (nSPS) is 10.5. The van der Waals surface area contributed by atoms with Gasteiger partial charge in [-0.2, -0.15) is 0 Å². The van der Waals surface area contributed by atoms with E-state index in [4.69, 9.17) is 5.73 Å². The number of nitrogens with two attached hydrogens (primary N) is 1. The standard InChI is InChI=1S/C14H18N2S/c1-3-12-5-6-13(17-12)9-16-11-4-7-14(15)10(2)8-11/h4-8,16H,3,9,15H2,1-2H3. The van der Waals surface area contributed by atoms with Crippen LogP contribution in [0.3, 0.4) is 0 Å². The van der Waals surface area contributed by atoms with Crippen LogP contribution in [0, 0.1) is 6.92 Å². The Balaban J connectivity index is 1.99. The Hall–Kier alpha value is -1.48. The first-order valence-electron chi connectivity index (χ1n) is 5.86. The summed E-state index contributed by atoms with van der Waals surface area (Å²) in [7, 11) is 0. The average molecular weight is 246 g/mol. The van der Waals surface area contributed by atoms with Crippen LogP contribution in [0.15, 0.2) is 30.3 Å². The van der Waals surface area contributed by atoms with Gasteiger partial charge in [0.15, 0.2) is 0 Å². The van der Waals surface area contributed by atoms with Gasteiger partial charge in [-0.25, -0.2) is 0 Å². The van der Waals surface area contributed by atoms with E-state index in [2.05, 4.69) is 30.4 Å². The minimum absolute atomic E-state index is 0.847. The van der Waals surface area contributed by atoms with Crippen molar-refractivity contribution in [3.63, 3.8) is 0 Å². The monoisotopic (exact) mass is 246 g/mol. The maximum absolute atomic E-state index is 5.79. The van der Waals surface area contributed by atoms with Crippen molar-refractivity contribution in [3.8, 4) is 0 Å². The van der Waals surface area contributed by atoms with Crippen LogP contribution < -0.4 is 11.1 Å². The van der Waals surface area contributed by atoms with Gasteiger partial charge in [0, 0.05) is 27.7 Å². The summed E-state index contributed by atoms with van der Waals surface area (Å²) in [6.07, 6.45) is 1.12. The SMILES string of the molecule is CCc1ccc(CNc2ccc(N)c(C)c2)s1. The van der Waals surface area contributed by atoms with Crippen molar-refractivity contribution in [2.24, 2.45) is 0 Å². The Labute approximate surface area is 106 Å². The van der Waals surface area contributed by atoms with Gasteiger partial charge in [0.25, 0.3) is 0 Å². The highest BCUT2D eigenvalue weighted by Gasteiger charge is 2.00. The molecule has 0 unspecified atom stereocenters. The van der Waals surface area contributed by atoms with Gasteiger partial charge in [-0.05, 0) is 49.2 Å². The first-order chi connectivity index (χ1) is 8.19. The maximum Gasteiger partial charge on any atom is 0.0494 e. The zero-order valence-corrected chi connectivity index (χ0v) is 11.1. The van der Waals surface area contributed by atoms with Crippen molar-refractivity contribution in [2.75, 3.05) is 11.1 Å². The minimum atomic E-state index is 0.847. The lowest BCUT2D eigenvalue weighted by molar-refractivity contribution is 1.19. The molecule has 90 valence electrons. The van der Waals surface area contributed by atoms with E-state index in [9.17, 15) is 0 Å².